The molecule has 1 unspecified atom stereocenters. The number of hydrogen-bond donors (Lipinski definition) is 2. The topological polar surface area (TPSA) is 115 Å². The first kappa shape index (κ1) is 18.4. The fourth-order valence-corrected chi connectivity index (χ4v) is 3.34. The molecule has 2 heterocycles. The van der Waals surface area contributed by atoms with Crippen LogP contribution >= 0.6 is 0 Å². The highest BCUT2D eigenvalue weighted by atomic mass is 16.6. The summed E-state index contributed by atoms with van der Waals surface area (Å²) in [5, 5.41) is 21.5. The van der Waals surface area contributed by atoms with Crippen LogP contribution in [0.15, 0.2) is 66.1 Å². The lowest BCUT2D eigenvalue weighted by atomic mass is 9.94. The minimum Gasteiger partial charge on any atom is -0.328 e. The molecular formula is C20H18N6O3. The fourth-order valence-electron chi connectivity index (χ4n) is 3.34. The van der Waals surface area contributed by atoms with E-state index in [1.165, 1.54) is 18.5 Å². The quantitative estimate of drug-likeness (QED) is 0.521. The average molecular weight is 390 g/mol. The van der Waals surface area contributed by atoms with E-state index in [1.807, 2.05) is 31.2 Å². The lowest BCUT2D eigenvalue weighted by Crippen LogP contribution is -2.31. The molecule has 3 aromatic rings. The smallest absolute Gasteiger partial charge is 0.269 e. The normalized spacial score (nSPS) is 15.4. The molecule has 0 bridgehead atoms. The van der Waals surface area contributed by atoms with E-state index in [4.69, 9.17) is 0 Å². The van der Waals surface area contributed by atoms with Crippen LogP contribution in [0.4, 0.5) is 17.3 Å². The number of rotatable bonds is 4. The maximum atomic E-state index is 13.2. The molecule has 29 heavy (non-hydrogen) atoms. The van der Waals surface area contributed by atoms with Gasteiger partial charge in [0.15, 0.2) is 0 Å². The Labute approximate surface area is 166 Å². The maximum absolute atomic E-state index is 13.2. The molecule has 9 heteroatoms. The summed E-state index contributed by atoms with van der Waals surface area (Å²) >= 11 is 0. The van der Waals surface area contributed by atoms with Gasteiger partial charge in [-0.15, -0.1) is 0 Å². The zero-order chi connectivity index (χ0) is 20.5. The molecule has 1 aromatic heterocycles. The highest BCUT2D eigenvalue weighted by Crippen LogP contribution is 2.36. The molecule has 1 aliphatic rings. The van der Waals surface area contributed by atoms with Crippen molar-refractivity contribution in [1.82, 2.24) is 14.8 Å². The molecule has 0 spiro atoms. The number of carbonyl (C=O) groups is 1. The van der Waals surface area contributed by atoms with Crippen LogP contribution in [0.25, 0.3) is 0 Å². The first-order valence-electron chi connectivity index (χ1n) is 8.93. The van der Waals surface area contributed by atoms with Crippen molar-refractivity contribution in [3.63, 3.8) is 0 Å². The van der Waals surface area contributed by atoms with E-state index in [1.54, 1.807) is 23.7 Å². The molecule has 0 fully saturated rings. The number of hydrogen-bond acceptors (Lipinski definition) is 6. The maximum Gasteiger partial charge on any atom is 0.269 e. The second-order valence-electron chi connectivity index (χ2n) is 6.77. The number of nitro groups is 1. The standard InChI is InChI=1S/C20H18N6O3/c1-12-6-8-15(9-7-12)24-19(27)17-13(2)23-20-21-11-22-25(20)18(17)14-4-3-5-16(10-14)26(28)29/h3-11,18H,1-2H3,(H,24,27)(H,21,22,23). The van der Waals surface area contributed by atoms with Gasteiger partial charge < -0.3 is 10.6 Å². The Morgan fingerprint density at radius 3 is 2.69 bits per heavy atom. The third kappa shape index (κ3) is 3.45. The van der Waals surface area contributed by atoms with Gasteiger partial charge in [0.1, 0.15) is 12.4 Å². The van der Waals surface area contributed by atoms with E-state index >= 15 is 0 Å². The van der Waals surface area contributed by atoms with Gasteiger partial charge in [0, 0.05) is 23.5 Å². The van der Waals surface area contributed by atoms with Crippen LogP contribution in [0.1, 0.15) is 24.1 Å². The molecule has 2 aromatic carbocycles. The third-order valence-corrected chi connectivity index (χ3v) is 4.75. The number of non-ortho nitro benzene ring substituents is 1. The molecule has 1 amide bonds. The van der Waals surface area contributed by atoms with Gasteiger partial charge in [0.25, 0.3) is 11.6 Å². The van der Waals surface area contributed by atoms with Gasteiger partial charge >= 0.3 is 0 Å². The average Bonchev–Trinajstić information content (AvgIpc) is 3.16. The van der Waals surface area contributed by atoms with Crippen LogP contribution in [0.2, 0.25) is 0 Å². The number of fused-ring (bicyclic) bond motifs is 1. The van der Waals surface area contributed by atoms with Gasteiger partial charge in [0.2, 0.25) is 5.95 Å². The molecule has 9 nitrogen and oxygen atoms in total. The van der Waals surface area contributed by atoms with Crippen LogP contribution in [-0.4, -0.2) is 25.6 Å². The molecule has 0 saturated carbocycles. The van der Waals surface area contributed by atoms with E-state index in [9.17, 15) is 14.9 Å². The van der Waals surface area contributed by atoms with Crippen LogP contribution in [0.5, 0.6) is 0 Å². The van der Waals surface area contributed by atoms with E-state index in [0.717, 1.165) is 5.56 Å². The number of nitro benzene ring substituents is 1. The summed E-state index contributed by atoms with van der Waals surface area (Å²) in [5.41, 5.74) is 3.26. The predicted molar refractivity (Wildman–Crippen MR) is 107 cm³/mol. The van der Waals surface area contributed by atoms with Crippen molar-refractivity contribution in [2.24, 2.45) is 0 Å². The molecule has 0 radical (unpaired) electrons. The van der Waals surface area contributed by atoms with Crippen molar-refractivity contribution in [2.75, 3.05) is 10.6 Å². The summed E-state index contributed by atoms with van der Waals surface area (Å²) in [5.74, 6) is 0.141. The molecule has 0 aliphatic carbocycles. The monoisotopic (exact) mass is 390 g/mol. The summed E-state index contributed by atoms with van der Waals surface area (Å²) in [4.78, 5) is 28.1. The molecule has 0 saturated heterocycles. The Bertz CT molecular complexity index is 1130. The lowest BCUT2D eigenvalue weighted by Gasteiger charge is -2.28. The van der Waals surface area contributed by atoms with Crippen LogP contribution < -0.4 is 10.6 Å². The van der Waals surface area contributed by atoms with Gasteiger partial charge in [-0.1, -0.05) is 29.8 Å². The minimum atomic E-state index is -0.654. The van der Waals surface area contributed by atoms with Crippen LogP contribution in [-0.2, 0) is 4.79 Å². The molecule has 1 aliphatic heterocycles. The number of benzene rings is 2. The number of aryl methyl sites for hydroxylation is 1. The largest absolute Gasteiger partial charge is 0.328 e. The summed E-state index contributed by atoms with van der Waals surface area (Å²) in [6.45, 7) is 3.74. The Morgan fingerprint density at radius 1 is 1.21 bits per heavy atom. The zero-order valence-corrected chi connectivity index (χ0v) is 15.8. The molecule has 4 rings (SSSR count). The SMILES string of the molecule is CC1=C(C(=O)Nc2ccc(C)cc2)C(c2cccc([N+](=O)[O-])c2)n2ncnc2N1. The number of nitrogens with one attached hydrogen (secondary N) is 2. The van der Waals surface area contributed by atoms with Crippen molar-refractivity contribution in [1.29, 1.82) is 0 Å². The Balaban J connectivity index is 1.77. The summed E-state index contributed by atoms with van der Waals surface area (Å²) in [6, 6.07) is 13.0. The number of amides is 1. The summed E-state index contributed by atoms with van der Waals surface area (Å²) < 4.78 is 1.55. The number of aromatic nitrogens is 3. The van der Waals surface area contributed by atoms with E-state index in [-0.39, 0.29) is 11.6 Å². The van der Waals surface area contributed by atoms with E-state index < -0.39 is 11.0 Å². The summed E-state index contributed by atoms with van der Waals surface area (Å²) in [6.07, 6.45) is 1.38. The fraction of sp³-hybridized carbons (Fsp3) is 0.150. The van der Waals surface area contributed by atoms with Gasteiger partial charge in [0.05, 0.1) is 10.5 Å². The van der Waals surface area contributed by atoms with E-state index in [0.29, 0.717) is 28.5 Å². The van der Waals surface area contributed by atoms with Gasteiger partial charge in [-0.2, -0.15) is 10.1 Å². The first-order chi connectivity index (χ1) is 13.9. The Morgan fingerprint density at radius 2 is 1.97 bits per heavy atom. The molecule has 2 N–H and O–H groups in total. The second-order valence-corrected chi connectivity index (χ2v) is 6.77. The zero-order valence-electron chi connectivity index (χ0n) is 15.8. The Kier molecular flexibility index (Phi) is 4.55. The number of allylic oxidation sites excluding steroid dienone is 1. The predicted octanol–water partition coefficient (Wildman–Crippen LogP) is 3.42. The summed E-state index contributed by atoms with van der Waals surface area (Å²) in [7, 11) is 0. The molecule has 1 atom stereocenters. The molecule has 146 valence electrons. The minimum absolute atomic E-state index is 0.0568. The van der Waals surface area contributed by atoms with Crippen molar-refractivity contribution in [3.05, 3.63) is 87.4 Å². The Hall–Kier alpha value is -4.01. The van der Waals surface area contributed by atoms with Gasteiger partial charge in [-0.3, -0.25) is 14.9 Å². The van der Waals surface area contributed by atoms with Gasteiger partial charge in [-0.05, 0) is 31.5 Å². The third-order valence-electron chi connectivity index (χ3n) is 4.75. The van der Waals surface area contributed by atoms with Crippen molar-refractivity contribution >= 4 is 23.2 Å². The number of carbonyl (C=O) groups excluding carboxylic acids is 1. The van der Waals surface area contributed by atoms with Crippen molar-refractivity contribution in [3.8, 4) is 0 Å². The van der Waals surface area contributed by atoms with Crippen molar-refractivity contribution in [2.45, 2.75) is 19.9 Å². The number of nitrogens with zero attached hydrogens (tertiary/aromatic N) is 4. The first-order valence-corrected chi connectivity index (χ1v) is 8.93. The van der Waals surface area contributed by atoms with Crippen LogP contribution in [0.3, 0.4) is 0 Å². The van der Waals surface area contributed by atoms with Crippen molar-refractivity contribution < 1.29 is 9.72 Å². The van der Waals surface area contributed by atoms with Gasteiger partial charge in [-0.25, -0.2) is 4.68 Å². The highest BCUT2D eigenvalue weighted by molar-refractivity contribution is 6.06. The molecular weight excluding hydrogens is 372 g/mol. The van der Waals surface area contributed by atoms with E-state index in [2.05, 4.69) is 20.7 Å². The number of anilines is 2. The second kappa shape index (κ2) is 7.19. The van der Waals surface area contributed by atoms with Crippen LogP contribution in [0, 0.1) is 17.0 Å². The lowest BCUT2D eigenvalue weighted by molar-refractivity contribution is -0.384. The highest BCUT2D eigenvalue weighted by Gasteiger charge is 2.34.